The van der Waals surface area contributed by atoms with E-state index in [9.17, 15) is 8.42 Å². The van der Waals surface area contributed by atoms with Crippen LogP contribution in [0.5, 0.6) is 0 Å². The average Bonchev–Trinajstić information content (AvgIpc) is 2.26. The summed E-state index contributed by atoms with van der Waals surface area (Å²) in [6.07, 6.45) is 0.705. The molecule has 0 atom stereocenters. The van der Waals surface area contributed by atoms with E-state index in [1.165, 1.54) is 4.31 Å². The number of benzene rings is 1. The van der Waals surface area contributed by atoms with Gasteiger partial charge in [0.15, 0.2) is 0 Å². The molecule has 0 aliphatic carbocycles. The zero-order chi connectivity index (χ0) is 15.0. The lowest BCUT2D eigenvalue weighted by atomic mass is 10.0. The van der Waals surface area contributed by atoms with Crippen molar-refractivity contribution < 1.29 is 8.42 Å². The van der Waals surface area contributed by atoms with E-state index in [0.717, 1.165) is 4.47 Å². The molecule has 0 fully saturated rings. The van der Waals surface area contributed by atoms with Crippen molar-refractivity contribution in [3.8, 4) is 0 Å². The van der Waals surface area contributed by atoms with Crippen molar-refractivity contribution in [2.75, 3.05) is 12.8 Å². The molecule has 0 saturated heterocycles. The minimum absolute atomic E-state index is 0.111. The fourth-order valence-electron chi connectivity index (χ4n) is 1.54. The van der Waals surface area contributed by atoms with Crippen molar-refractivity contribution in [1.29, 1.82) is 0 Å². The number of halogens is 2. The Labute approximate surface area is 131 Å². The van der Waals surface area contributed by atoms with Gasteiger partial charge in [-0.2, -0.15) is 4.31 Å². The fraction of sp³-hybridized carbons (Fsp3) is 0.500. The molecule has 19 heavy (non-hydrogen) atoms. The molecule has 0 saturated carbocycles. The highest BCUT2D eigenvalue weighted by molar-refractivity contribution is 9.11. The Morgan fingerprint density at radius 2 is 1.84 bits per heavy atom. The second kappa shape index (κ2) is 5.71. The summed E-state index contributed by atoms with van der Waals surface area (Å²) in [5.41, 5.74) is 5.61. The van der Waals surface area contributed by atoms with Crippen LogP contribution in [0.25, 0.3) is 0 Å². The summed E-state index contributed by atoms with van der Waals surface area (Å²) in [6, 6.07) is 3.26. The van der Waals surface area contributed by atoms with Crippen LogP contribution in [-0.2, 0) is 10.0 Å². The number of rotatable bonds is 4. The highest BCUT2D eigenvalue weighted by Crippen LogP contribution is 2.35. The Bertz CT molecular complexity index is 562. The highest BCUT2D eigenvalue weighted by atomic mass is 79.9. The lowest BCUT2D eigenvalue weighted by molar-refractivity contribution is 0.257. The zero-order valence-corrected chi connectivity index (χ0v) is 15.4. The highest BCUT2D eigenvalue weighted by Gasteiger charge is 2.35. The maximum atomic E-state index is 12.7. The largest absolute Gasteiger partial charge is 0.398 e. The van der Waals surface area contributed by atoms with Crippen molar-refractivity contribution in [2.24, 2.45) is 0 Å². The van der Waals surface area contributed by atoms with Gasteiger partial charge in [0.05, 0.1) is 5.69 Å². The van der Waals surface area contributed by atoms with Gasteiger partial charge in [-0.3, -0.25) is 0 Å². The van der Waals surface area contributed by atoms with Crippen LogP contribution in [0.15, 0.2) is 26.0 Å². The van der Waals surface area contributed by atoms with Crippen molar-refractivity contribution in [2.45, 2.75) is 37.6 Å². The van der Waals surface area contributed by atoms with E-state index in [4.69, 9.17) is 5.73 Å². The molecule has 2 N–H and O–H groups in total. The Hall–Kier alpha value is -0.110. The quantitative estimate of drug-likeness (QED) is 0.766. The molecular formula is C12H18Br2N2O2S. The van der Waals surface area contributed by atoms with Gasteiger partial charge < -0.3 is 5.73 Å². The maximum absolute atomic E-state index is 12.7. The summed E-state index contributed by atoms with van der Waals surface area (Å²) >= 11 is 6.56. The minimum atomic E-state index is -3.65. The molecule has 0 unspecified atom stereocenters. The number of sulfonamides is 1. The molecule has 0 heterocycles. The number of nitrogens with zero attached hydrogens (tertiary/aromatic N) is 1. The molecule has 7 heteroatoms. The molecule has 0 bridgehead atoms. The van der Waals surface area contributed by atoms with Gasteiger partial charge in [-0.15, -0.1) is 0 Å². The fourth-order valence-corrected chi connectivity index (χ4v) is 5.13. The summed E-state index contributed by atoms with van der Waals surface area (Å²) in [4.78, 5) is 0.111. The third-order valence-electron chi connectivity index (χ3n) is 3.37. The third-order valence-corrected chi connectivity index (χ3v) is 6.91. The van der Waals surface area contributed by atoms with E-state index >= 15 is 0 Å². The SMILES string of the molecule is CCC(C)(C)N(C)S(=O)(=O)c1c(N)cc(Br)cc1Br. The van der Waals surface area contributed by atoms with Crippen molar-refractivity contribution >= 4 is 47.6 Å². The first-order valence-corrected chi connectivity index (χ1v) is 8.80. The first-order chi connectivity index (χ1) is 8.54. The van der Waals surface area contributed by atoms with E-state index < -0.39 is 15.6 Å². The second-order valence-electron chi connectivity index (χ2n) is 4.94. The van der Waals surface area contributed by atoms with Crippen LogP contribution in [0.1, 0.15) is 27.2 Å². The molecule has 0 aromatic heterocycles. The van der Waals surface area contributed by atoms with E-state index in [2.05, 4.69) is 31.9 Å². The van der Waals surface area contributed by atoms with Gasteiger partial charge >= 0.3 is 0 Å². The van der Waals surface area contributed by atoms with Gasteiger partial charge in [-0.25, -0.2) is 8.42 Å². The zero-order valence-electron chi connectivity index (χ0n) is 11.4. The molecule has 1 rings (SSSR count). The molecular weight excluding hydrogens is 396 g/mol. The van der Waals surface area contributed by atoms with Gasteiger partial charge in [0.25, 0.3) is 0 Å². The van der Waals surface area contributed by atoms with E-state index in [1.807, 2.05) is 20.8 Å². The molecule has 4 nitrogen and oxygen atoms in total. The van der Waals surface area contributed by atoms with Gasteiger partial charge in [0.2, 0.25) is 10.0 Å². The first kappa shape index (κ1) is 16.9. The smallest absolute Gasteiger partial charge is 0.246 e. The van der Waals surface area contributed by atoms with Crippen LogP contribution < -0.4 is 5.73 Å². The first-order valence-electron chi connectivity index (χ1n) is 5.77. The molecule has 0 aliphatic rings. The molecule has 1 aromatic rings. The van der Waals surface area contributed by atoms with Gasteiger partial charge in [0.1, 0.15) is 4.90 Å². The number of nitrogens with two attached hydrogens (primary N) is 1. The summed E-state index contributed by atoms with van der Waals surface area (Å²) in [6.45, 7) is 5.72. The average molecular weight is 414 g/mol. The summed E-state index contributed by atoms with van der Waals surface area (Å²) in [5, 5.41) is 0. The van der Waals surface area contributed by atoms with Crippen LogP contribution in [0.4, 0.5) is 5.69 Å². The van der Waals surface area contributed by atoms with Crippen LogP contribution in [0.2, 0.25) is 0 Å². The van der Waals surface area contributed by atoms with Crippen molar-refractivity contribution in [1.82, 2.24) is 4.31 Å². The lowest BCUT2D eigenvalue weighted by Crippen LogP contribution is -2.44. The van der Waals surface area contributed by atoms with E-state index in [-0.39, 0.29) is 10.6 Å². The Morgan fingerprint density at radius 3 is 2.26 bits per heavy atom. The molecule has 0 spiro atoms. The normalized spacial score (nSPS) is 13.0. The molecule has 0 aliphatic heterocycles. The predicted octanol–water partition coefficient (Wildman–Crippen LogP) is 3.60. The second-order valence-corrected chi connectivity index (χ2v) is 8.62. The minimum Gasteiger partial charge on any atom is -0.398 e. The van der Waals surface area contributed by atoms with E-state index in [1.54, 1.807) is 19.2 Å². The summed E-state index contributed by atoms with van der Waals surface area (Å²) in [7, 11) is -2.07. The maximum Gasteiger partial charge on any atom is 0.246 e. The van der Waals surface area contributed by atoms with E-state index in [0.29, 0.717) is 10.9 Å². The lowest BCUT2D eigenvalue weighted by Gasteiger charge is -2.34. The Balaban J connectivity index is 3.45. The summed E-state index contributed by atoms with van der Waals surface area (Å²) < 4.78 is 27.9. The number of hydrogen-bond acceptors (Lipinski definition) is 3. The van der Waals surface area contributed by atoms with Gasteiger partial charge in [-0.1, -0.05) is 22.9 Å². The van der Waals surface area contributed by atoms with Gasteiger partial charge in [0, 0.05) is 21.5 Å². The monoisotopic (exact) mass is 412 g/mol. The molecule has 0 radical (unpaired) electrons. The molecule has 1 aromatic carbocycles. The van der Waals surface area contributed by atoms with Crippen molar-refractivity contribution in [3.63, 3.8) is 0 Å². The topological polar surface area (TPSA) is 63.4 Å². The number of nitrogen functional groups attached to an aromatic ring is 1. The van der Waals surface area contributed by atoms with Gasteiger partial charge in [-0.05, 0) is 48.3 Å². The third kappa shape index (κ3) is 3.32. The van der Waals surface area contributed by atoms with Crippen LogP contribution in [0.3, 0.4) is 0 Å². The Morgan fingerprint density at radius 1 is 1.32 bits per heavy atom. The van der Waals surface area contributed by atoms with Crippen LogP contribution >= 0.6 is 31.9 Å². The standard InChI is InChI=1S/C12H18Br2N2O2S/c1-5-12(2,3)16(4)19(17,18)11-9(14)6-8(13)7-10(11)15/h6-7H,5,15H2,1-4H3. The predicted molar refractivity (Wildman–Crippen MR) is 85.6 cm³/mol. The molecule has 0 amide bonds. The number of hydrogen-bond donors (Lipinski definition) is 1. The van der Waals surface area contributed by atoms with Crippen LogP contribution in [0, 0.1) is 0 Å². The number of anilines is 1. The van der Waals surface area contributed by atoms with Crippen molar-refractivity contribution in [3.05, 3.63) is 21.1 Å². The van der Waals surface area contributed by atoms with Crippen LogP contribution in [-0.4, -0.2) is 25.3 Å². The summed E-state index contributed by atoms with van der Waals surface area (Å²) in [5.74, 6) is 0. The Kier molecular flexibility index (Phi) is 5.09. The molecule has 108 valence electrons.